The summed E-state index contributed by atoms with van der Waals surface area (Å²) in [7, 11) is 0. The SMILES string of the molecule is O=C(NCCc1ccccc1F)c1cccc(-c2ncn[nH]2)c1. The van der Waals surface area contributed by atoms with Gasteiger partial charge < -0.3 is 5.32 Å². The zero-order valence-electron chi connectivity index (χ0n) is 12.3. The Bertz CT molecular complexity index is 802. The number of aromatic nitrogens is 3. The van der Waals surface area contributed by atoms with Crippen molar-refractivity contribution < 1.29 is 9.18 Å². The van der Waals surface area contributed by atoms with E-state index in [0.717, 1.165) is 5.56 Å². The van der Waals surface area contributed by atoms with E-state index >= 15 is 0 Å². The molecule has 2 aromatic carbocycles. The summed E-state index contributed by atoms with van der Waals surface area (Å²) in [5.74, 6) is 0.141. The van der Waals surface area contributed by atoms with Crippen LogP contribution in [0.5, 0.6) is 0 Å². The molecule has 2 N–H and O–H groups in total. The molecule has 1 aromatic heterocycles. The van der Waals surface area contributed by atoms with Crippen molar-refractivity contribution in [2.24, 2.45) is 0 Å². The molecule has 0 spiro atoms. The molecule has 0 aliphatic heterocycles. The summed E-state index contributed by atoms with van der Waals surface area (Å²) < 4.78 is 13.5. The Kier molecular flexibility index (Phi) is 4.42. The number of hydrogen-bond donors (Lipinski definition) is 2. The van der Waals surface area contributed by atoms with E-state index in [0.29, 0.717) is 29.9 Å². The minimum absolute atomic E-state index is 0.206. The van der Waals surface area contributed by atoms with Gasteiger partial charge in [-0.25, -0.2) is 9.37 Å². The minimum Gasteiger partial charge on any atom is -0.352 e. The van der Waals surface area contributed by atoms with Crippen LogP contribution >= 0.6 is 0 Å². The third kappa shape index (κ3) is 3.60. The number of hydrogen-bond acceptors (Lipinski definition) is 3. The fourth-order valence-corrected chi connectivity index (χ4v) is 2.27. The summed E-state index contributed by atoms with van der Waals surface area (Å²) in [6, 6.07) is 13.6. The van der Waals surface area contributed by atoms with E-state index in [1.807, 2.05) is 6.07 Å². The first-order valence-electron chi connectivity index (χ1n) is 7.21. The first-order chi connectivity index (χ1) is 11.2. The van der Waals surface area contributed by atoms with E-state index in [1.54, 1.807) is 36.4 Å². The number of nitrogens with zero attached hydrogens (tertiary/aromatic N) is 2. The van der Waals surface area contributed by atoms with Crippen molar-refractivity contribution >= 4 is 5.91 Å². The van der Waals surface area contributed by atoms with E-state index in [9.17, 15) is 9.18 Å². The second-order valence-corrected chi connectivity index (χ2v) is 5.01. The normalized spacial score (nSPS) is 10.5. The maximum atomic E-state index is 13.5. The molecule has 0 bridgehead atoms. The van der Waals surface area contributed by atoms with Crippen molar-refractivity contribution in [3.8, 4) is 11.4 Å². The smallest absolute Gasteiger partial charge is 0.251 e. The molecule has 0 aliphatic rings. The topological polar surface area (TPSA) is 70.7 Å². The molecule has 0 atom stereocenters. The van der Waals surface area contributed by atoms with Crippen LogP contribution in [0.15, 0.2) is 54.9 Å². The van der Waals surface area contributed by atoms with Gasteiger partial charge in [0.05, 0.1) is 0 Å². The number of amides is 1. The van der Waals surface area contributed by atoms with E-state index < -0.39 is 0 Å². The lowest BCUT2D eigenvalue weighted by molar-refractivity contribution is 0.0954. The van der Waals surface area contributed by atoms with Crippen molar-refractivity contribution in [1.29, 1.82) is 0 Å². The van der Waals surface area contributed by atoms with Gasteiger partial charge in [-0.2, -0.15) is 5.10 Å². The van der Waals surface area contributed by atoms with Gasteiger partial charge in [-0.05, 0) is 30.2 Å². The van der Waals surface area contributed by atoms with Gasteiger partial charge in [-0.1, -0.05) is 30.3 Å². The van der Waals surface area contributed by atoms with Crippen molar-refractivity contribution in [1.82, 2.24) is 20.5 Å². The van der Waals surface area contributed by atoms with Crippen molar-refractivity contribution in [2.75, 3.05) is 6.54 Å². The molecule has 3 aromatic rings. The van der Waals surface area contributed by atoms with Crippen LogP contribution in [0.25, 0.3) is 11.4 Å². The summed E-state index contributed by atoms with van der Waals surface area (Å²) >= 11 is 0. The number of aromatic amines is 1. The van der Waals surface area contributed by atoms with Crippen LogP contribution in [0, 0.1) is 5.82 Å². The second kappa shape index (κ2) is 6.83. The number of H-pyrrole nitrogens is 1. The number of rotatable bonds is 5. The maximum Gasteiger partial charge on any atom is 0.251 e. The van der Waals surface area contributed by atoms with Crippen LogP contribution in [-0.2, 0) is 6.42 Å². The monoisotopic (exact) mass is 310 g/mol. The lowest BCUT2D eigenvalue weighted by Crippen LogP contribution is -2.25. The van der Waals surface area contributed by atoms with E-state index in [4.69, 9.17) is 0 Å². The van der Waals surface area contributed by atoms with E-state index in [2.05, 4.69) is 20.5 Å². The Labute approximate surface area is 132 Å². The lowest BCUT2D eigenvalue weighted by atomic mass is 10.1. The Morgan fingerprint density at radius 1 is 1.17 bits per heavy atom. The van der Waals surface area contributed by atoms with Gasteiger partial charge in [-0.15, -0.1) is 0 Å². The Hall–Kier alpha value is -3.02. The van der Waals surface area contributed by atoms with Crippen molar-refractivity contribution in [3.05, 3.63) is 71.8 Å². The standard InChI is InChI=1S/C17H15FN4O/c18-15-7-2-1-4-12(15)8-9-19-17(23)14-6-3-5-13(10-14)16-20-11-21-22-16/h1-7,10-11H,8-9H2,(H,19,23)(H,20,21,22). The number of halogens is 1. The third-order valence-electron chi connectivity index (χ3n) is 3.45. The van der Waals surface area contributed by atoms with Crippen LogP contribution in [-0.4, -0.2) is 27.6 Å². The molecule has 0 saturated carbocycles. The first-order valence-corrected chi connectivity index (χ1v) is 7.21. The van der Waals surface area contributed by atoms with Crippen LogP contribution in [0.4, 0.5) is 4.39 Å². The molecule has 0 radical (unpaired) electrons. The fraction of sp³-hybridized carbons (Fsp3) is 0.118. The summed E-state index contributed by atoms with van der Waals surface area (Å²) in [5.41, 5.74) is 1.89. The first kappa shape index (κ1) is 14.9. The molecule has 1 heterocycles. The van der Waals surface area contributed by atoms with Crippen LogP contribution in [0.1, 0.15) is 15.9 Å². The molecule has 0 fully saturated rings. The van der Waals surface area contributed by atoms with Gasteiger partial charge >= 0.3 is 0 Å². The molecular formula is C17H15FN4O. The van der Waals surface area contributed by atoms with Crippen LogP contribution in [0.3, 0.4) is 0 Å². The van der Waals surface area contributed by atoms with Gasteiger partial charge in [0.25, 0.3) is 5.91 Å². The number of carbonyl (C=O) groups excluding carboxylic acids is 1. The molecule has 0 aliphatic carbocycles. The van der Waals surface area contributed by atoms with Crippen LogP contribution < -0.4 is 5.32 Å². The molecule has 5 nitrogen and oxygen atoms in total. The molecule has 116 valence electrons. The maximum absolute atomic E-state index is 13.5. The molecular weight excluding hydrogens is 295 g/mol. The predicted molar refractivity (Wildman–Crippen MR) is 84.3 cm³/mol. The Balaban J connectivity index is 1.63. The largest absolute Gasteiger partial charge is 0.352 e. The predicted octanol–water partition coefficient (Wildman–Crippen LogP) is 2.58. The highest BCUT2D eigenvalue weighted by Crippen LogP contribution is 2.15. The van der Waals surface area contributed by atoms with Crippen molar-refractivity contribution in [3.63, 3.8) is 0 Å². The summed E-state index contributed by atoms with van der Waals surface area (Å²) in [6.07, 6.45) is 1.86. The summed E-state index contributed by atoms with van der Waals surface area (Å²) in [5, 5.41) is 9.34. The van der Waals surface area contributed by atoms with Crippen LogP contribution in [0.2, 0.25) is 0 Å². The molecule has 3 rings (SSSR count). The zero-order chi connectivity index (χ0) is 16.1. The van der Waals surface area contributed by atoms with E-state index in [1.165, 1.54) is 12.4 Å². The highest BCUT2D eigenvalue weighted by Gasteiger charge is 2.08. The number of benzene rings is 2. The van der Waals surface area contributed by atoms with Gasteiger partial charge in [0.15, 0.2) is 5.82 Å². The Morgan fingerprint density at radius 3 is 2.83 bits per heavy atom. The number of nitrogens with one attached hydrogen (secondary N) is 2. The quantitative estimate of drug-likeness (QED) is 0.761. The third-order valence-corrected chi connectivity index (χ3v) is 3.45. The molecule has 0 unspecified atom stereocenters. The second-order valence-electron chi connectivity index (χ2n) is 5.01. The van der Waals surface area contributed by atoms with Gasteiger partial charge in [0, 0.05) is 17.7 Å². The van der Waals surface area contributed by atoms with Crippen molar-refractivity contribution in [2.45, 2.75) is 6.42 Å². The minimum atomic E-state index is -0.255. The number of carbonyl (C=O) groups is 1. The Morgan fingerprint density at radius 2 is 2.04 bits per heavy atom. The highest BCUT2D eigenvalue weighted by atomic mass is 19.1. The molecule has 6 heteroatoms. The summed E-state index contributed by atoms with van der Waals surface area (Å²) in [4.78, 5) is 16.2. The highest BCUT2D eigenvalue weighted by molar-refractivity contribution is 5.95. The molecule has 1 amide bonds. The molecule has 0 saturated heterocycles. The fourth-order valence-electron chi connectivity index (χ4n) is 2.27. The lowest BCUT2D eigenvalue weighted by Gasteiger charge is -2.07. The average molecular weight is 310 g/mol. The van der Waals surface area contributed by atoms with Gasteiger partial charge in [0.2, 0.25) is 0 Å². The summed E-state index contributed by atoms with van der Waals surface area (Å²) in [6.45, 7) is 0.367. The van der Waals surface area contributed by atoms with Gasteiger partial charge in [0.1, 0.15) is 12.1 Å². The van der Waals surface area contributed by atoms with Gasteiger partial charge in [-0.3, -0.25) is 9.89 Å². The molecule has 23 heavy (non-hydrogen) atoms. The average Bonchev–Trinajstić information content (AvgIpc) is 3.11. The van der Waals surface area contributed by atoms with E-state index in [-0.39, 0.29) is 11.7 Å². The zero-order valence-corrected chi connectivity index (χ0v) is 12.3.